The summed E-state index contributed by atoms with van der Waals surface area (Å²) < 4.78 is 1.84. The van der Waals surface area contributed by atoms with Gasteiger partial charge in [0.15, 0.2) is 0 Å². The normalized spacial score (nSPS) is 27.0. The first kappa shape index (κ1) is 16.1. The van der Waals surface area contributed by atoms with E-state index in [0.29, 0.717) is 11.9 Å². The van der Waals surface area contributed by atoms with Crippen LogP contribution in [0.25, 0.3) is 0 Å². The first-order valence-corrected chi connectivity index (χ1v) is 8.96. The summed E-state index contributed by atoms with van der Waals surface area (Å²) in [5.41, 5.74) is -0.858. The number of carbonyl (C=O) groups excluding carboxylic acids is 3. The number of anilines is 1. The van der Waals surface area contributed by atoms with Crippen LogP contribution in [0.1, 0.15) is 51.5 Å². The molecule has 2 saturated carbocycles. The third kappa shape index (κ3) is 2.79. The van der Waals surface area contributed by atoms with Crippen molar-refractivity contribution in [2.45, 2.75) is 57.0 Å². The number of hydrogen-bond donors (Lipinski definition) is 2. The molecular weight excluding hydrogens is 322 g/mol. The van der Waals surface area contributed by atoms with E-state index in [1.165, 1.54) is 12.8 Å². The summed E-state index contributed by atoms with van der Waals surface area (Å²) in [6.07, 6.45) is 7.97. The smallest absolute Gasteiger partial charge is 0.323 e. The summed E-state index contributed by atoms with van der Waals surface area (Å²) in [7, 11) is 0. The van der Waals surface area contributed by atoms with Crippen molar-refractivity contribution in [3.63, 3.8) is 0 Å². The van der Waals surface area contributed by atoms with Gasteiger partial charge in [0.05, 0.1) is 12.2 Å². The Morgan fingerprint density at radius 1 is 1.32 bits per heavy atom. The van der Waals surface area contributed by atoms with Crippen molar-refractivity contribution in [1.82, 2.24) is 20.0 Å². The van der Waals surface area contributed by atoms with Crippen LogP contribution >= 0.6 is 0 Å². The van der Waals surface area contributed by atoms with E-state index in [0.717, 1.165) is 30.6 Å². The molecule has 3 aliphatic rings. The highest BCUT2D eigenvalue weighted by atomic mass is 16.2. The van der Waals surface area contributed by atoms with E-state index in [4.69, 9.17) is 0 Å². The zero-order valence-corrected chi connectivity index (χ0v) is 14.3. The van der Waals surface area contributed by atoms with Gasteiger partial charge in [-0.05, 0) is 38.5 Å². The predicted molar refractivity (Wildman–Crippen MR) is 89.7 cm³/mol. The molecule has 1 unspecified atom stereocenters. The van der Waals surface area contributed by atoms with Gasteiger partial charge < -0.3 is 10.6 Å². The molecule has 4 rings (SSSR count). The average molecular weight is 345 g/mol. The Hall–Kier alpha value is -2.38. The highest BCUT2D eigenvalue weighted by molar-refractivity contribution is 6.10. The van der Waals surface area contributed by atoms with E-state index in [2.05, 4.69) is 15.7 Å². The molecule has 4 amide bonds. The minimum Gasteiger partial charge on any atom is -0.323 e. The Balaban J connectivity index is 1.42. The number of amides is 4. The van der Waals surface area contributed by atoms with E-state index in [1.54, 1.807) is 19.2 Å². The van der Waals surface area contributed by atoms with Crippen LogP contribution in [0.2, 0.25) is 0 Å². The molecule has 1 saturated heterocycles. The van der Waals surface area contributed by atoms with Crippen LogP contribution < -0.4 is 10.6 Å². The van der Waals surface area contributed by atoms with Gasteiger partial charge in [0, 0.05) is 6.07 Å². The van der Waals surface area contributed by atoms with E-state index in [1.807, 2.05) is 4.68 Å². The van der Waals surface area contributed by atoms with Crippen LogP contribution in [0.5, 0.6) is 0 Å². The molecule has 25 heavy (non-hydrogen) atoms. The molecule has 2 N–H and O–H groups in total. The monoisotopic (exact) mass is 345 g/mol. The molecule has 0 bridgehead atoms. The highest BCUT2D eigenvalue weighted by Gasteiger charge is 2.56. The minimum atomic E-state index is -0.858. The Labute approximate surface area is 145 Å². The maximum atomic E-state index is 12.6. The van der Waals surface area contributed by atoms with Gasteiger partial charge in [-0.25, -0.2) is 9.48 Å². The molecule has 8 heteroatoms. The molecule has 134 valence electrons. The second kappa shape index (κ2) is 5.86. The van der Waals surface area contributed by atoms with Gasteiger partial charge in [-0.15, -0.1) is 0 Å². The van der Waals surface area contributed by atoms with Gasteiger partial charge in [-0.2, -0.15) is 5.10 Å². The van der Waals surface area contributed by atoms with E-state index < -0.39 is 11.6 Å². The van der Waals surface area contributed by atoms with E-state index >= 15 is 0 Å². The minimum absolute atomic E-state index is 0.181. The van der Waals surface area contributed by atoms with Crippen LogP contribution in [-0.4, -0.2) is 44.6 Å². The first-order valence-electron chi connectivity index (χ1n) is 8.96. The molecule has 3 fully saturated rings. The maximum Gasteiger partial charge on any atom is 0.325 e. The lowest BCUT2D eigenvalue weighted by Gasteiger charge is -2.21. The highest BCUT2D eigenvalue weighted by Crippen LogP contribution is 2.42. The average Bonchev–Trinajstić information content (AvgIpc) is 3.03. The Morgan fingerprint density at radius 3 is 2.72 bits per heavy atom. The molecule has 1 atom stereocenters. The van der Waals surface area contributed by atoms with Crippen molar-refractivity contribution in [2.24, 2.45) is 5.92 Å². The zero-order chi connectivity index (χ0) is 17.6. The molecular formula is C17H23N5O3. The number of hydrogen-bond acceptors (Lipinski definition) is 4. The van der Waals surface area contributed by atoms with Crippen molar-refractivity contribution >= 4 is 23.7 Å². The van der Waals surface area contributed by atoms with Gasteiger partial charge >= 0.3 is 6.03 Å². The van der Waals surface area contributed by atoms with Crippen molar-refractivity contribution < 1.29 is 14.4 Å². The van der Waals surface area contributed by atoms with Crippen LogP contribution in [0.15, 0.2) is 12.3 Å². The van der Waals surface area contributed by atoms with E-state index in [-0.39, 0.29) is 24.3 Å². The second-order valence-corrected chi connectivity index (χ2v) is 7.45. The van der Waals surface area contributed by atoms with Gasteiger partial charge in [-0.3, -0.25) is 14.5 Å². The Kier molecular flexibility index (Phi) is 3.77. The number of rotatable bonds is 5. The third-order valence-corrected chi connectivity index (χ3v) is 5.61. The van der Waals surface area contributed by atoms with Crippen LogP contribution in [-0.2, 0) is 9.59 Å². The van der Waals surface area contributed by atoms with Gasteiger partial charge in [0.2, 0.25) is 5.91 Å². The SMILES string of the molecule is CC1(C2CC2)NC(=O)N(CC(=O)Nc2ccnn2C2CCCC2)C1=O. The van der Waals surface area contributed by atoms with Crippen LogP contribution in [0.3, 0.4) is 0 Å². The lowest BCUT2D eigenvalue weighted by Crippen LogP contribution is -2.46. The summed E-state index contributed by atoms with van der Waals surface area (Å²) in [5, 5.41) is 9.86. The first-order chi connectivity index (χ1) is 12.0. The second-order valence-electron chi connectivity index (χ2n) is 7.45. The molecule has 2 heterocycles. The predicted octanol–water partition coefficient (Wildman–Crippen LogP) is 1.66. The quantitative estimate of drug-likeness (QED) is 0.793. The van der Waals surface area contributed by atoms with E-state index in [9.17, 15) is 14.4 Å². The fourth-order valence-corrected chi connectivity index (χ4v) is 3.98. The Bertz CT molecular complexity index is 720. The number of imide groups is 1. The third-order valence-electron chi connectivity index (χ3n) is 5.61. The number of aromatic nitrogens is 2. The summed E-state index contributed by atoms with van der Waals surface area (Å²) in [4.78, 5) is 38.1. The van der Waals surface area contributed by atoms with Gasteiger partial charge in [-0.1, -0.05) is 12.8 Å². The molecule has 1 aliphatic heterocycles. The molecule has 8 nitrogen and oxygen atoms in total. The lowest BCUT2D eigenvalue weighted by molar-refractivity contribution is -0.134. The number of urea groups is 1. The summed E-state index contributed by atoms with van der Waals surface area (Å²) in [5.74, 6) is 0.109. The maximum absolute atomic E-state index is 12.6. The summed E-state index contributed by atoms with van der Waals surface area (Å²) in [6.45, 7) is 1.47. The number of nitrogens with zero attached hydrogens (tertiary/aromatic N) is 3. The fraction of sp³-hybridized carbons (Fsp3) is 0.647. The number of carbonyl (C=O) groups is 3. The molecule has 0 radical (unpaired) electrons. The van der Waals surface area contributed by atoms with Crippen LogP contribution in [0.4, 0.5) is 10.6 Å². The lowest BCUT2D eigenvalue weighted by atomic mass is 9.96. The summed E-state index contributed by atoms with van der Waals surface area (Å²) in [6, 6.07) is 1.56. The Morgan fingerprint density at radius 2 is 2.04 bits per heavy atom. The zero-order valence-electron chi connectivity index (χ0n) is 14.3. The summed E-state index contributed by atoms with van der Waals surface area (Å²) >= 11 is 0. The largest absolute Gasteiger partial charge is 0.325 e. The fourth-order valence-electron chi connectivity index (χ4n) is 3.98. The molecule has 2 aliphatic carbocycles. The van der Waals surface area contributed by atoms with Crippen LogP contribution in [0, 0.1) is 5.92 Å². The van der Waals surface area contributed by atoms with Gasteiger partial charge in [0.1, 0.15) is 17.9 Å². The van der Waals surface area contributed by atoms with Crippen molar-refractivity contribution in [3.05, 3.63) is 12.3 Å². The van der Waals surface area contributed by atoms with Crippen molar-refractivity contribution in [3.8, 4) is 0 Å². The molecule has 0 aromatic carbocycles. The molecule has 1 aromatic rings. The van der Waals surface area contributed by atoms with Crippen molar-refractivity contribution in [1.29, 1.82) is 0 Å². The number of nitrogens with one attached hydrogen (secondary N) is 2. The van der Waals surface area contributed by atoms with Gasteiger partial charge in [0.25, 0.3) is 5.91 Å². The molecule has 0 spiro atoms. The van der Waals surface area contributed by atoms with Crippen molar-refractivity contribution in [2.75, 3.05) is 11.9 Å². The molecule has 1 aromatic heterocycles. The topological polar surface area (TPSA) is 96.3 Å². The standard InChI is InChI=1S/C17H23N5O3/c1-17(11-6-7-11)15(24)21(16(25)20-17)10-14(23)19-13-8-9-18-22(13)12-4-2-3-5-12/h8-9,11-12H,2-7,10H2,1H3,(H,19,23)(H,20,25).